The smallest absolute Gasteiger partial charge is 0.126 e. The molecule has 1 fully saturated rings. The lowest BCUT2D eigenvalue weighted by atomic mass is 9.91. The van der Waals surface area contributed by atoms with Gasteiger partial charge in [0, 0.05) is 6.20 Å². The highest BCUT2D eigenvalue weighted by molar-refractivity contribution is 5.41. The zero-order valence-corrected chi connectivity index (χ0v) is 8.89. The molecule has 82 valence electrons. The Morgan fingerprint density at radius 2 is 2.13 bits per heavy atom. The maximum atomic E-state index is 9.75. The quantitative estimate of drug-likeness (QED) is 0.691. The van der Waals surface area contributed by atoms with Gasteiger partial charge in [0.1, 0.15) is 5.82 Å². The molecule has 0 amide bonds. The number of hydrogen-bond acceptors (Lipinski definition) is 3. The number of hydrogen-bond donors (Lipinski definition) is 2. The maximum absolute atomic E-state index is 9.75. The predicted octanol–water partition coefficient (Wildman–Crippen LogP) is 2.07. The van der Waals surface area contributed by atoms with Gasteiger partial charge in [-0.25, -0.2) is 4.98 Å². The van der Waals surface area contributed by atoms with Gasteiger partial charge in [-0.1, -0.05) is 18.9 Å². The second kappa shape index (κ2) is 4.62. The molecule has 1 saturated carbocycles. The van der Waals surface area contributed by atoms with Crippen LogP contribution in [0.25, 0.3) is 0 Å². The van der Waals surface area contributed by atoms with Gasteiger partial charge in [-0.05, 0) is 36.8 Å². The zero-order chi connectivity index (χ0) is 10.7. The fourth-order valence-electron chi connectivity index (χ4n) is 2.39. The molecule has 2 rings (SSSR count). The topological polar surface area (TPSA) is 59.1 Å². The van der Waals surface area contributed by atoms with Crippen molar-refractivity contribution in [2.24, 2.45) is 0 Å². The van der Waals surface area contributed by atoms with Crippen molar-refractivity contribution < 1.29 is 5.11 Å². The molecule has 1 aromatic rings. The van der Waals surface area contributed by atoms with Crippen LogP contribution < -0.4 is 5.73 Å². The van der Waals surface area contributed by atoms with E-state index >= 15 is 0 Å². The van der Waals surface area contributed by atoms with E-state index in [1.165, 1.54) is 6.42 Å². The van der Waals surface area contributed by atoms with Gasteiger partial charge >= 0.3 is 0 Å². The zero-order valence-electron chi connectivity index (χ0n) is 8.89. The van der Waals surface area contributed by atoms with Crippen molar-refractivity contribution in [2.45, 2.75) is 44.1 Å². The first-order valence-electron chi connectivity index (χ1n) is 5.66. The maximum Gasteiger partial charge on any atom is 0.126 e. The van der Waals surface area contributed by atoms with E-state index in [1.54, 1.807) is 6.20 Å². The lowest BCUT2D eigenvalue weighted by molar-refractivity contribution is 0.152. The summed E-state index contributed by atoms with van der Waals surface area (Å²) in [7, 11) is 0. The monoisotopic (exact) mass is 206 g/mol. The van der Waals surface area contributed by atoms with E-state index in [9.17, 15) is 5.11 Å². The number of pyridine rings is 1. The third kappa shape index (κ3) is 2.48. The summed E-state index contributed by atoms with van der Waals surface area (Å²) in [6.45, 7) is 0. The van der Waals surface area contributed by atoms with Crippen molar-refractivity contribution >= 4 is 5.82 Å². The summed E-state index contributed by atoms with van der Waals surface area (Å²) in [6.07, 6.45) is 6.72. The Kier molecular flexibility index (Phi) is 3.21. The third-order valence-electron chi connectivity index (χ3n) is 3.21. The first-order valence-corrected chi connectivity index (χ1v) is 5.66. The standard InChI is InChI=1S/C12H18N2O/c13-12-11(6-3-7-14-12)9-4-1-2-5-10(15)8-9/h3,6-7,9-10,15H,1-2,4-5,8H2,(H2,13,14). The van der Waals surface area contributed by atoms with Crippen molar-refractivity contribution in [1.82, 2.24) is 4.98 Å². The molecular weight excluding hydrogens is 188 g/mol. The minimum atomic E-state index is -0.169. The van der Waals surface area contributed by atoms with E-state index < -0.39 is 0 Å². The Hall–Kier alpha value is -1.09. The number of rotatable bonds is 1. The number of anilines is 1. The van der Waals surface area contributed by atoms with Crippen LogP contribution in [0, 0.1) is 0 Å². The Morgan fingerprint density at radius 3 is 2.93 bits per heavy atom. The first kappa shape index (κ1) is 10.4. The van der Waals surface area contributed by atoms with Crippen molar-refractivity contribution in [3.8, 4) is 0 Å². The van der Waals surface area contributed by atoms with Gasteiger partial charge in [0.05, 0.1) is 6.10 Å². The number of nitrogens with zero attached hydrogens (tertiary/aromatic N) is 1. The van der Waals surface area contributed by atoms with Crippen LogP contribution in [-0.4, -0.2) is 16.2 Å². The van der Waals surface area contributed by atoms with Crippen LogP contribution in [0.1, 0.15) is 43.6 Å². The van der Waals surface area contributed by atoms with Gasteiger partial charge in [-0.2, -0.15) is 0 Å². The molecule has 0 bridgehead atoms. The average molecular weight is 206 g/mol. The lowest BCUT2D eigenvalue weighted by Gasteiger charge is -2.17. The Bertz CT molecular complexity index is 327. The molecule has 0 aromatic carbocycles. The molecule has 0 saturated heterocycles. The molecule has 3 heteroatoms. The first-order chi connectivity index (χ1) is 7.27. The highest BCUT2D eigenvalue weighted by Crippen LogP contribution is 2.33. The number of aliphatic hydroxyl groups is 1. The van der Waals surface area contributed by atoms with Gasteiger partial charge in [0.25, 0.3) is 0 Å². The molecule has 1 aromatic heterocycles. The van der Waals surface area contributed by atoms with E-state index in [1.807, 2.05) is 12.1 Å². The molecule has 2 unspecified atom stereocenters. The predicted molar refractivity (Wildman–Crippen MR) is 60.5 cm³/mol. The van der Waals surface area contributed by atoms with Gasteiger partial charge in [-0.3, -0.25) is 0 Å². The summed E-state index contributed by atoms with van der Waals surface area (Å²) in [6, 6.07) is 3.95. The average Bonchev–Trinajstić information content (AvgIpc) is 2.43. The fraction of sp³-hybridized carbons (Fsp3) is 0.583. The van der Waals surface area contributed by atoms with Gasteiger partial charge in [0.2, 0.25) is 0 Å². The molecule has 15 heavy (non-hydrogen) atoms. The summed E-state index contributed by atoms with van der Waals surface area (Å²) in [5, 5.41) is 9.75. The summed E-state index contributed by atoms with van der Waals surface area (Å²) in [5.74, 6) is 1.01. The minimum absolute atomic E-state index is 0.169. The summed E-state index contributed by atoms with van der Waals surface area (Å²) >= 11 is 0. The molecule has 0 radical (unpaired) electrons. The van der Waals surface area contributed by atoms with E-state index in [4.69, 9.17) is 5.73 Å². The van der Waals surface area contributed by atoms with Crippen LogP contribution in [0.4, 0.5) is 5.82 Å². The number of aromatic nitrogens is 1. The Morgan fingerprint density at radius 1 is 1.33 bits per heavy atom. The van der Waals surface area contributed by atoms with Crippen molar-refractivity contribution in [1.29, 1.82) is 0 Å². The molecule has 3 N–H and O–H groups in total. The van der Waals surface area contributed by atoms with Crippen LogP contribution >= 0.6 is 0 Å². The van der Waals surface area contributed by atoms with E-state index in [-0.39, 0.29) is 6.10 Å². The summed E-state index contributed by atoms with van der Waals surface area (Å²) < 4.78 is 0. The minimum Gasteiger partial charge on any atom is -0.393 e. The highest BCUT2D eigenvalue weighted by atomic mass is 16.3. The lowest BCUT2D eigenvalue weighted by Crippen LogP contribution is -2.11. The highest BCUT2D eigenvalue weighted by Gasteiger charge is 2.21. The summed E-state index contributed by atoms with van der Waals surface area (Å²) in [4.78, 5) is 4.11. The molecule has 0 spiro atoms. The van der Waals surface area contributed by atoms with Gasteiger partial charge in [0.15, 0.2) is 0 Å². The fourth-order valence-corrected chi connectivity index (χ4v) is 2.39. The van der Waals surface area contributed by atoms with Crippen molar-refractivity contribution in [3.05, 3.63) is 23.9 Å². The second-order valence-corrected chi connectivity index (χ2v) is 4.35. The van der Waals surface area contributed by atoms with E-state index in [0.29, 0.717) is 11.7 Å². The van der Waals surface area contributed by atoms with Crippen molar-refractivity contribution in [3.63, 3.8) is 0 Å². The molecule has 3 nitrogen and oxygen atoms in total. The van der Waals surface area contributed by atoms with Gasteiger partial charge in [-0.15, -0.1) is 0 Å². The van der Waals surface area contributed by atoms with Crippen LogP contribution in [0.2, 0.25) is 0 Å². The van der Waals surface area contributed by atoms with Crippen LogP contribution in [0.3, 0.4) is 0 Å². The van der Waals surface area contributed by atoms with E-state index in [0.717, 1.165) is 31.2 Å². The van der Waals surface area contributed by atoms with Crippen LogP contribution in [-0.2, 0) is 0 Å². The largest absolute Gasteiger partial charge is 0.393 e. The van der Waals surface area contributed by atoms with Gasteiger partial charge < -0.3 is 10.8 Å². The molecule has 1 heterocycles. The second-order valence-electron chi connectivity index (χ2n) is 4.35. The summed E-state index contributed by atoms with van der Waals surface area (Å²) in [5.41, 5.74) is 6.96. The normalized spacial score (nSPS) is 27.3. The molecule has 1 aliphatic rings. The Balaban J connectivity index is 2.18. The molecule has 0 aliphatic heterocycles. The third-order valence-corrected chi connectivity index (χ3v) is 3.21. The molecular formula is C12H18N2O. The number of aliphatic hydroxyl groups excluding tert-OH is 1. The Labute approximate surface area is 90.3 Å². The van der Waals surface area contributed by atoms with E-state index in [2.05, 4.69) is 4.98 Å². The van der Waals surface area contributed by atoms with Crippen LogP contribution in [0.15, 0.2) is 18.3 Å². The molecule has 1 aliphatic carbocycles. The van der Waals surface area contributed by atoms with Crippen LogP contribution in [0.5, 0.6) is 0 Å². The number of nitrogens with two attached hydrogens (primary N) is 1. The SMILES string of the molecule is Nc1ncccc1C1CCCCC(O)C1. The number of nitrogen functional groups attached to an aromatic ring is 1. The molecule has 2 atom stereocenters. The van der Waals surface area contributed by atoms with Crippen molar-refractivity contribution in [2.75, 3.05) is 5.73 Å².